The maximum atomic E-state index is 5.83. The first-order valence-electron chi connectivity index (χ1n) is 5.22. The van der Waals surface area contributed by atoms with Crippen LogP contribution in [0.25, 0.3) is 11.5 Å². The fourth-order valence-corrected chi connectivity index (χ4v) is 2.47. The van der Waals surface area contributed by atoms with Crippen LogP contribution in [0.5, 0.6) is 0 Å². The molecule has 2 aromatic heterocycles. The molecule has 2 N–H and O–H groups in total. The summed E-state index contributed by atoms with van der Waals surface area (Å²) in [5.74, 6) is 2.43. The van der Waals surface area contributed by atoms with Gasteiger partial charge in [0.15, 0.2) is 5.82 Å². The number of hydrogen-bond donors (Lipinski definition) is 1. The topological polar surface area (TPSA) is 77.8 Å². The molecule has 0 aromatic carbocycles. The monoisotopic (exact) mass is 236 g/mol. The molecule has 0 saturated heterocycles. The van der Waals surface area contributed by atoms with Crippen LogP contribution in [0.4, 0.5) is 5.00 Å². The summed E-state index contributed by atoms with van der Waals surface area (Å²) in [7, 11) is 0. The van der Waals surface area contributed by atoms with Crippen molar-refractivity contribution >= 4 is 16.5 Å². The molecule has 0 radical (unpaired) electrons. The standard InChI is InChI=1S/C10H12N4OS/c1-4-3-6(4)9-12-10(15-13-9)7-5(2)14-16-8(7)11/h4,6H,3,11H2,1-2H3. The summed E-state index contributed by atoms with van der Waals surface area (Å²) in [4.78, 5) is 4.40. The van der Waals surface area contributed by atoms with Crippen LogP contribution in [0.15, 0.2) is 4.52 Å². The van der Waals surface area contributed by atoms with Gasteiger partial charge in [0.05, 0.1) is 11.3 Å². The summed E-state index contributed by atoms with van der Waals surface area (Å²) >= 11 is 1.26. The van der Waals surface area contributed by atoms with Crippen LogP contribution in [0, 0.1) is 12.8 Å². The van der Waals surface area contributed by atoms with Crippen molar-refractivity contribution in [3.63, 3.8) is 0 Å². The Morgan fingerprint density at radius 1 is 1.50 bits per heavy atom. The number of rotatable bonds is 2. The van der Waals surface area contributed by atoms with E-state index in [1.807, 2.05) is 6.92 Å². The molecular formula is C10H12N4OS. The van der Waals surface area contributed by atoms with Crippen LogP contribution < -0.4 is 5.73 Å². The lowest BCUT2D eigenvalue weighted by molar-refractivity contribution is 0.422. The molecule has 0 spiro atoms. The first kappa shape index (κ1) is 9.77. The van der Waals surface area contributed by atoms with E-state index in [1.54, 1.807) is 0 Å². The van der Waals surface area contributed by atoms with Crippen molar-refractivity contribution in [1.82, 2.24) is 14.5 Å². The molecule has 16 heavy (non-hydrogen) atoms. The average Bonchev–Trinajstić information content (AvgIpc) is 2.68. The van der Waals surface area contributed by atoms with Gasteiger partial charge in [-0.15, -0.1) is 0 Å². The Bertz CT molecular complexity index is 513. The minimum absolute atomic E-state index is 0.464. The van der Waals surface area contributed by atoms with Gasteiger partial charge in [0, 0.05) is 5.92 Å². The van der Waals surface area contributed by atoms with E-state index in [0.717, 1.165) is 23.5 Å². The van der Waals surface area contributed by atoms with Gasteiger partial charge in [-0.1, -0.05) is 12.1 Å². The molecule has 0 aliphatic heterocycles. The number of hydrogen-bond acceptors (Lipinski definition) is 6. The van der Waals surface area contributed by atoms with Gasteiger partial charge < -0.3 is 10.3 Å². The predicted octanol–water partition coefficient (Wildman–Crippen LogP) is 2.21. The first-order valence-corrected chi connectivity index (χ1v) is 6.00. The van der Waals surface area contributed by atoms with Gasteiger partial charge >= 0.3 is 0 Å². The van der Waals surface area contributed by atoms with Crippen molar-refractivity contribution < 1.29 is 4.52 Å². The third-order valence-electron chi connectivity index (χ3n) is 2.99. The molecular weight excluding hydrogens is 224 g/mol. The lowest BCUT2D eigenvalue weighted by Gasteiger charge is -1.91. The summed E-state index contributed by atoms with van der Waals surface area (Å²) in [5, 5.41) is 4.64. The normalized spacial score (nSPS) is 23.6. The number of nitrogens with two attached hydrogens (primary N) is 1. The Kier molecular flexibility index (Phi) is 2.00. The second-order valence-corrected chi connectivity index (χ2v) is 5.09. The van der Waals surface area contributed by atoms with Crippen molar-refractivity contribution in [3.05, 3.63) is 11.5 Å². The zero-order valence-corrected chi connectivity index (χ0v) is 9.91. The SMILES string of the molecule is Cc1nsc(N)c1-c1nc(C2CC2C)no1. The molecule has 6 heteroatoms. The van der Waals surface area contributed by atoms with E-state index < -0.39 is 0 Å². The molecule has 84 valence electrons. The third kappa shape index (κ3) is 1.41. The molecule has 0 amide bonds. The van der Waals surface area contributed by atoms with Crippen LogP contribution in [0.3, 0.4) is 0 Å². The minimum atomic E-state index is 0.464. The van der Waals surface area contributed by atoms with E-state index in [4.69, 9.17) is 10.3 Å². The largest absolute Gasteiger partial charge is 0.389 e. The second-order valence-electron chi connectivity index (χ2n) is 4.28. The molecule has 5 nitrogen and oxygen atoms in total. The molecule has 2 atom stereocenters. The van der Waals surface area contributed by atoms with E-state index in [1.165, 1.54) is 11.5 Å². The van der Waals surface area contributed by atoms with Gasteiger partial charge in [0.25, 0.3) is 5.89 Å². The van der Waals surface area contributed by atoms with E-state index >= 15 is 0 Å². The van der Waals surface area contributed by atoms with Crippen molar-refractivity contribution in [2.75, 3.05) is 5.73 Å². The molecule has 2 heterocycles. The highest BCUT2D eigenvalue weighted by Gasteiger charge is 2.38. The molecule has 2 unspecified atom stereocenters. The Morgan fingerprint density at radius 2 is 2.25 bits per heavy atom. The Morgan fingerprint density at radius 3 is 2.81 bits per heavy atom. The number of nitrogens with zero attached hydrogens (tertiary/aromatic N) is 3. The smallest absolute Gasteiger partial charge is 0.262 e. The average molecular weight is 236 g/mol. The van der Waals surface area contributed by atoms with Crippen molar-refractivity contribution in [2.24, 2.45) is 5.92 Å². The maximum absolute atomic E-state index is 5.83. The van der Waals surface area contributed by atoms with Gasteiger partial charge in [-0.05, 0) is 30.8 Å². The fourth-order valence-electron chi connectivity index (χ4n) is 1.82. The molecule has 0 bridgehead atoms. The summed E-state index contributed by atoms with van der Waals surface area (Å²) in [5.41, 5.74) is 7.47. The van der Waals surface area contributed by atoms with E-state index in [-0.39, 0.29) is 0 Å². The van der Waals surface area contributed by atoms with Crippen LogP contribution in [0.1, 0.15) is 30.8 Å². The summed E-state index contributed by atoms with van der Waals surface area (Å²) in [6.45, 7) is 4.08. The molecule has 1 saturated carbocycles. The Labute approximate surface area is 96.8 Å². The lowest BCUT2D eigenvalue weighted by atomic mass is 10.2. The van der Waals surface area contributed by atoms with Gasteiger partial charge in [-0.25, -0.2) is 0 Å². The highest BCUT2D eigenvalue weighted by molar-refractivity contribution is 7.10. The number of anilines is 1. The molecule has 1 aliphatic rings. The summed E-state index contributed by atoms with van der Waals surface area (Å²) in [6.07, 6.45) is 1.15. The fraction of sp³-hybridized carbons (Fsp3) is 0.500. The molecule has 1 aliphatic carbocycles. The van der Waals surface area contributed by atoms with E-state index in [0.29, 0.717) is 22.7 Å². The van der Waals surface area contributed by atoms with Crippen LogP contribution in [-0.4, -0.2) is 14.5 Å². The minimum Gasteiger partial charge on any atom is -0.389 e. The Hall–Kier alpha value is -1.43. The second kappa shape index (κ2) is 3.28. The number of nitrogen functional groups attached to an aromatic ring is 1. The van der Waals surface area contributed by atoms with Gasteiger partial charge in [0.2, 0.25) is 0 Å². The number of aromatic nitrogens is 3. The van der Waals surface area contributed by atoms with Crippen LogP contribution in [-0.2, 0) is 0 Å². The van der Waals surface area contributed by atoms with Crippen LogP contribution in [0.2, 0.25) is 0 Å². The van der Waals surface area contributed by atoms with Gasteiger partial charge in [-0.2, -0.15) is 9.36 Å². The van der Waals surface area contributed by atoms with Gasteiger partial charge in [-0.3, -0.25) is 0 Å². The molecule has 3 rings (SSSR count). The lowest BCUT2D eigenvalue weighted by Crippen LogP contribution is -1.88. The molecule has 2 aromatic rings. The molecule has 1 fully saturated rings. The highest BCUT2D eigenvalue weighted by Crippen LogP contribution is 2.46. The quantitative estimate of drug-likeness (QED) is 0.864. The van der Waals surface area contributed by atoms with Gasteiger partial charge in [0.1, 0.15) is 5.00 Å². The van der Waals surface area contributed by atoms with Crippen molar-refractivity contribution in [2.45, 2.75) is 26.2 Å². The van der Waals surface area contributed by atoms with Crippen LogP contribution >= 0.6 is 11.5 Å². The zero-order valence-electron chi connectivity index (χ0n) is 9.10. The number of aryl methyl sites for hydroxylation is 1. The Balaban J connectivity index is 1.98. The summed E-state index contributed by atoms with van der Waals surface area (Å²) in [6, 6.07) is 0. The maximum Gasteiger partial charge on any atom is 0.262 e. The van der Waals surface area contributed by atoms with E-state index in [2.05, 4.69) is 21.4 Å². The zero-order chi connectivity index (χ0) is 11.3. The van der Waals surface area contributed by atoms with Crippen molar-refractivity contribution in [3.8, 4) is 11.5 Å². The predicted molar refractivity (Wildman–Crippen MR) is 61.1 cm³/mol. The van der Waals surface area contributed by atoms with E-state index in [9.17, 15) is 0 Å². The summed E-state index contributed by atoms with van der Waals surface area (Å²) < 4.78 is 9.41. The highest BCUT2D eigenvalue weighted by atomic mass is 32.1. The third-order valence-corrected chi connectivity index (χ3v) is 3.75. The first-order chi connectivity index (χ1) is 7.66. The van der Waals surface area contributed by atoms with Crippen molar-refractivity contribution in [1.29, 1.82) is 0 Å².